The summed E-state index contributed by atoms with van der Waals surface area (Å²) in [5.74, 6) is 0.457. The summed E-state index contributed by atoms with van der Waals surface area (Å²) >= 11 is 0. The topological polar surface area (TPSA) is 113 Å². The van der Waals surface area contributed by atoms with Gasteiger partial charge in [-0.15, -0.1) is 0 Å². The first-order valence-electron chi connectivity index (χ1n) is 11.8. The van der Waals surface area contributed by atoms with E-state index in [-0.39, 0.29) is 48.9 Å². The first kappa shape index (κ1) is 25.7. The van der Waals surface area contributed by atoms with Crippen LogP contribution in [-0.4, -0.2) is 77.5 Å². The summed E-state index contributed by atoms with van der Waals surface area (Å²) in [4.78, 5) is 32.1. The molecule has 0 aliphatic carbocycles. The van der Waals surface area contributed by atoms with Crippen LogP contribution in [0.15, 0.2) is 23.3 Å². The first-order chi connectivity index (χ1) is 17.1. The second-order valence-corrected chi connectivity index (χ2v) is 8.98. The van der Waals surface area contributed by atoms with E-state index >= 15 is 0 Å². The summed E-state index contributed by atoms with van der Waals surface area (Å²) in [6, 6.07) is 0.801. The maximum absolute atomic E-state index is 13.1. The molecule has 4 rings (SSSR count). The highest BCUT2D eigenvalue weighted by molar-refractivity contribution is 5.76. The molecule has 13 heteroatoms. The van der Waals surface area contributed by atoms with Gasteiger partial charge in [0.25, 0.3) is 5.56 Å². The third-order valence-corrected chi connectivity index (χ3v) is 6.31. The molecule has 1 amide bonds. The number of aromatic amines is 1. The van der Waals surface area contributed by atoms with Gasteiger partial charge >= 0.3 is 6.18 Å². The average Bonchev–Trinajstić information content (AvgIpc) is 3.02. The zero-order chi connectivity index (χ0) is 25.9. The van der Waals surface area contributed by atoms with Gasteiger partial charge in [-0.3, -0.25) is 9.59 Å². The zero-order valence-corrected chi connectivity index (χ0v) is 20.1. The average molecular weight is 511 g/mol. The van der Waals surface area contributed by atoms with Crippen LogP contribution in [0.2, 0.25) is 0 Å². The van der Waals surface area contributed by atoms with E-state index in [1.165, 1.54) is 6.20 Å². The van der Waals surface area contributed by atoms with E-state index in [4.69, 9.17) is 9.47 Å². The quantitative estimate of drug-likeness (QED) is 0.546. The van der Waals surface area contributed by atoms with Crippen LogP contribution in [0.5, 0.6) is 5.75 Å². The number of pyridine rings is 1. The lowest BCUT2D eigenvalue weighted by Gasteiger charge is -2.41. The molecule has 0 radical (unpaired) electrons. The van der Waals surface area contributed by atoms with Gasteiger partial charge < -0.3 is 24.6 Å². The largest absolute Gasteiger partial charge is 0.490 e. The van der Waals surface area contributed by atoms with Gasteiger partial charge in [-0.05, 0) is 19.9 Å². The second-order valence-electron chi connectivity index (χ2n) is 8.98. The molecular weight excluding hydrogens is 481 g/mol. The number of carbonyl (C=O) groups is 1. The number of aromatic nitrogens is 3. The van der Waals surface area contributed by atoms with Crippen LogP contribution in [0.3, 0.4) is 0 Å². The van der Waals surface area contributed by atoms with Crippen molar-refractivity contribution in [3.8, 4) is 5.75 Å². The smallest absolute Gasteiger partial charge is 0.418 e. The summed E-state index contributed by atoms with van der Waals surface area (Å²) in [6.07, 6.45) is -1.35. The van der Waals surface area contributed by atoms with E-state index in [2.05, 4.69) is 20.5 Å². The Labute approximate surface area is 205 Å². The van der Waals surface area contributed by atoms with Crippen LogP contribution >= 0.6 is 0 Å². The van der Waals surface area contributed by atoms with E-state index in [0.717, 1.165) is 12.3 Å². The van der Waals surface area contributed by atoms with Gasteiger partial charge in [0, 0.05) is 43.9 Å². The van der Waals surface area contributed by atoms with Gasteiger partial charge in [-0.2, -0.15) is 18.3 Å². The molecule has 10 nitrogen and oxygen atoms in total. The van der Waals surface area contributed by atoms with Crippen molar-refractivity contribution in [1.82, 2.24) is 20.1 Å². The summed E-state index contributed by atoms with van der Waals surface area (Å²) in [5.41, 5.74) is 0.0576. The number of amides is 1. The van der Waals surface area contributed by atoms with Crippen LogP contribution in [0.4, 0.5) is 24.7 Å². The lowest BCUT2D eigenvalue weighted by Crippen LogP contribution is -2.55. The summed E-state index contributed by atoms with van der Waals surface area (Å²) in [6.45, 7) is 5.77. The molecule has 2 aromatic rings. The fourth-order valence-electron chi connectivity index (χ4n) is 4.32. The minimum absolute atomic E-state index is 0.0457. The maximum Gasteiger partial charge on any atom is 0.418 e. The molecule has 2 aliphatic rings. The van der Waals surface area contributed by atoms with Crippen LogP contribution in [0, 0.1) is 6.92 Å². The third kappa shape index (κ3) is 5.89. The van der Waals surface area contributed by atoms with E-state index in [1.54, 1.807) is 11.8 Å². The standard InChI is InChI=1S/C23H29F3N6O4/c1-14(29-18-11-28-30-22(34)15(18)2)13-35-7-4-20(33)31-5-6-32-17(12-31)3-8-36-19-9-16(23(24,25)26)10-27-21(19)32/h9-11,14,17H,3-8,12-13H2,1-2H3,(H2,29,30,34)/t14-,17-/m0/s1. The van der Waals surface area contributed by atoms with Crippen molar-refractivity contribution in [2.24, 2.45) is 0 Å². The number of hydrogen-bond acceptors (Lipinski definition) is 8. The highest BCUT2D eigenvalue weighted by Gasteiger charge is 2.36. The first-order valence-corrected chi connectivity index (χ1v) is 11.8. The number of anilines is 2. The Balaban J connectivity index is 1.25. The Hall–Kier alpha value is -3.35. The number of rotatable bonds is 7. The van der Waals surface area contributed by atoms with Gasteiger partial charge in [-0.25, -0.2) is 10.1 Å². The number of nitrogens with zero attached hydrogens (tertiary/aromatic N) is 4. The number of carbonyl (C=O) groups excluding carboxylic acids is 1. The number of nitrogens with one attached hydrogen (secondary N) is 2. The van der Waals surface area contributed by atoms with E-state index < -0.39 is 11.7 Å². The van der Waals surface area contributed by atoms with Crippen molar-refractivity contribution in [3.63, 3.8) is 0 Å². The number of ether oxygens (including phenoxy) is 2. The maximum atomic E-state index is 13.1. The number of halogens is 3. The molecule has 0 aromatic carbocycles. The minimum Gasteiger partial charge on any atom is -0.490 e. The molecule has 196 valence electrons. The van der Waals surface area contributed by atoms with E-state index in [0.29, 0.717) is 49.7 Å². The molecule has 2 N–H and O–H groups in total. The normalized spacial score (nSPS) is 18.5. The number of H-pyrrole nitrogens is 1. The van der Waals surface area contributed by atoms with Gasteiger partial charge in [0.1, 0.15) is 0 Å². The van der Waals surface area contributed by atoms with E-state index in [9.17, 15) is 22.8 Å². The lowest BCUT2D eigenvalue weighted by molar-refractivity contribution is -0.138. The molecule has 1 saturated heterocycles. The Kier molecular flexibility index (Phi) is 7.67. The van der Waals surface area contributed by atoms with Gasteiger partial charge in [-0.1, -0.05) is 0 Å². The fourth-order valence-corrected chi connectivity index (χ4v) is 4.32. The number of fused-ring (bicyclic) bond motifs is 3. The van der Waals surface area contributed by atoms with Crippen molar-refractivity contribution >= 4 is 17.4 Å². The Morgan fingerprint density at radius 1 is 1.36 bits per heavy atom. The van der Waals surface area contributed by atoms with Crippen molar-refractivity contribution in [2.45, 2.75) is 44.9 Å². The van der Waals surface area contributed by atoms with Crippen molar-refractivity contribution in [1.29, 1.82) is 0 Å². The second kappa shape index (κ2) is 10.7. The monoisotopic (exact) mass is 510 g/mol. The highest BCUT2D eigenvalue weighted by Crippen LogP contribution is 2.38. The molecule has 2 atom stereocenters. The Morgan fingerprint density at radius 3 is 2.94 bits per heavy atom. The minimum atomic E-state index is -4.49. The van der Waals surface area contributed by atoms with Crippen molar-refractivity contribution in [3.05, 3.63) is 39.9 Å². The van der Waals surface area contributed by atoms with Gasteiger partial charge in [0.2, 0.25) is 5.91 Å². The predicted octanol–water partition coefficient (Wildman–Crippen LogP) is 2.20. The molecule has 0 unspecified atom stereocenters. The Bertz CT molecular complexity index is 1140. The predicted molar refractivity (Wildman–Crippen MR) is 125 cm³/mol. The van der Waals surface area contributed by atoms with Crippen molar-refractivity contribution < 1.29 is 27.4 Å². The third-order valence-electron chi connectivity index (χ3n) is 6.31. The SMILES string of the molecule is Cc1c(N[C@@H](C)COCCC(=O)N2CCN3c4ncc(C(F)(F)F)cc4OCC[C@H]3C2)cn[nH]c1=O. The molecule has 4 heterocycles. The fraction of sp³-hybridized carbons (Fsp3) is 0.565. The summed E-state index contributed by atoms with van der Waals surface area (Å²) in [7, 11) is 0. The molecular formula is C23H29F3N6O4. The summed E-state index contributed by atoms with van der Waals surface area (Å²) in [5, 5.41) is 9.32. The molecule has 0 saturated carbocycles. The lowest BCUT2D eigenvalue weighted by atomic mass is 10.1. The number of piperazine rings is 1. The molecule has 36 heavy (non-hydrogen) atoms. The molecule has 2 aromatic heterocycles. The highest BCUT2D eigenvalue weighted by atomic mass is 19.4. The molecule has 2 aliphatic heterocycles. The molecule has 0 spiro atoms. The van der Waals surface area contributed by atoms with Gasteiger partial charge in [0.05, 0.1) is 49.7 Å². The zero-order valence-electron chi connectivity index (χ0n) is 20.1. The van der Waals surface area contributed by atoms with Crippen LogP contribution in [0.1, 0.15) is 30.9 Å². The number of hydrogen-bond donors (Lipinski definition) is 2. The van der Waals surface area contributed by atoms with Gasteiger partial charge in [0.15, 0.2) is 11.6 Å². The van der Waals surface area contributed by atoms with E-state index in [1.807, 2.05) is 11.8 Å². The molecule has 1 fully saturated rings. The van der Waals surface area contributed by atoms with Crippen molar-refractivity contribution in [2.75, 3.05) is 49.7 Å². The summed E-state index contributed by atoms with van der Waals surface area (Å²) < 4.78 is 50.4. The van der Waals surface area contributed by atoms with Crippen LogP contribution in [-0.2, 0) is 15.7 Å². The Morgan fingerprint density at radius 2 is 2.17 bits per heavy atom. The number of alkyl halides is 3. The van der Waals surface area contributed by atoms with Crippen LogP contribution < -0.4 is 20.5 Å². The van der Waals surface area contributed by atoms with Crippen LogP contribution in [0.25, 0.3) is 0 Å². The molecule has 0 bridgehead atoms.